The fraction of sp³-hybridized carbons (Fsp3) is 0.739. The van der Waals surface area contributed by atoms with Gasteiger partial charge >= 0.3 is 0 Å². The highest BCUT2D eigenvalue weighted by atomic mass is 14.9. The summed E-state index contributed by atoms with van der Waals surface area (Å²) in [7, 11) is 0. The summed E-state index contributed by atoms with van der Waals surface area (Å²) in [6.07, 6.45) is 17.9. The monoisotopic (exact) mass is 331 g/mol. The Kier molecular flexibility index (Phi) is 13.9. The summed E-state index contributed by atoms with van der Waals surface area (Å²) in [5.74, 6) is 0. The van der Waals surface area contributed by atoms with Gasteiger partial charge in [-0.15, -0.1) is 0 Å². The zero-order chi connectivity index (χ0) is 17.3. The van der Waals surface area contributed by atoms with Gasteiger partial charge in [-0.2, -0.15) is 0 Å². The van der Waals surface area contributed by atoms with Gasteiger partial charge < -0.3 is 5.32 Å². The second-order valence-electron chi connectivity index (χ2n) is 7.24. The molecule has 1 aromatic carbocycles. The first kappa shape index (κ1) is 21.2. The van der Waals surface area contributed by atoms with E-state index in [0.29, 0.717) is 6.04 Å². The first-order valence-corrected chi connectivity index (χ1v) is 10.7. The van der Waals surface area contributed by atoms with E-state index in [2.05, 4.69) is 49.5 Å². The first-order chi connectivity index (χ1) is 11.9. The maximum absolute atomic E-state index is 3.82. The fourth-order valence-corrected chi connectivity index (χ4v) is 3.38. The van der Waals surface area contributed by atoms with Crippen molar-refractivity contribution in [3.05, 3.63) is 35.9 Å². The van der Waals surface area contributed by atoms with Crippen LogP contribution in [0.2, 0.25) is 0 Å². The molecule has 0 saturated carbocycles. The molecule has 0 heterocycles. The maximum atomic E-state index is 3.82. The van der Waals surface area contributed by atoms with Crippen LogP contribution in [0.1, 0.15) is 109 Å². The van der Waals surface area contributed by atoms with Crippen LogP contribution < -0.4 is 5.32 Å². The number of rotatable bonds is 16. The number of nitrogens with one attached hydrogen (secondary N) is 1. The number of benzene rings is 1. The third kappa shape index (κ3) is 10.9. The first-order valence-electron chi connectivity index (χ1n) is 10.7. The van der Waals surface area contributed by atoms with Crippen molar-refractivity contribution in [1.29, 1.82) is 0 Å². The molecule has 0 spiro atoms. The molecule has 1 aromatic rings. The Morgan fingerprint density at radius 3 is 1.83 bits per heavy atom. The third-order valence-electron chi connectivity index (χ3n) is 4.97. The van der Waals surface area contributed by atoms with Gasteiger partial charge in [-0.3, -0.25) is 0 Å². The molecule has 0 bridgehead atoms. The minimum atomic E-state index is 0.549. The van der Waals surface area contributed by atoms with Crippen molar-refractivity contribution in [1.82, 2.24) is 5.32 Å². The highest BCUT2D eigenvalue weighted by Gasteiger charge is 2.09. The summed E-state index contributed by atoms with van der Waals surface area (Å²) in [4.78, 5) is 0. The average molecular weight is 332 g/mol. The van der Waals surface area contributed by atoms with Crippen LogP contribution in [0.25, 0.3) is 0 Å². The molecule has 1 unspecified atom stereocenters. The largest absolute Gasteiger partial charge is 0.310 e. The van der Waals surface area contributed by atoms with Gasteiger partial charge in [-0.1, -0.05) is 115 Å². The Balaban J connectivity index is 2.23. The van der Waals surface area contributed by atoms with Crippen LogP contribution in [0.3, 0.4) is 0 Å². The topological polar surface area (TPSA) is 12.0 Å². The molecule has 0 fully saturated rings. The van der Waals surface area contributed by atoms with Gasteiger partial charge in [0, 0.05) is 6.04 Å². The minimum absolute atomic E-state index is 0.549. The molecule has 0 amide bonds. The highest BCUT2D eigenvalue weighted by Crippen LogP contribution is 2.20. The van der Waals surface area contributed by atoms with Crippen LogP contribution in [0.15, 0.2) is 30.3 Å². The van der Waals surface area contributed by atoms with Gasteiger partial charge in [0.2, 0.25) is 0 Å². The second kappa shape index (κ2) is 15.7. The van der Waals surface area contributed by atoms with E-state index in [1.54, 1.807) is 0 Å². The Hall–Kier alpha value is -0.820. The number of unbranched alkanes of at least 4 members (excludes halogenated alkanes) is 10. The molecule has 138 valence electrons. The van der Waals surface area contributed by atoms with Crippen molar-refractivity contribution in [3.63, 3.8) is 0 Å². The average Bonchev–Trinajstić information content (AvgIpc) is 2.62. The number of hydrogen-bond acceptors (Lipinski definition) is 1. The van der Waals surface area contributed by atoms with E-state index in [0.717, 1.165) is 0 Å². The van der Waals surface area contributed by atoms with E-state index in [4.69, 9.17) is 0 Å². The molecular weight excluding hydrogens is 290 g/mol. The lowest BCUT2D eigenvalue weighted by Crippen LogP contribution is -2.22. The maximum Gasteiger partial charge on any atom is 0.0320 e. The van der Waals surface area contributed by atoms with Crippen LogP contribution in [0.4, 0.5) is 0 Å². The van der Waals surface area contributed by atoms with E-state index in [9.17, 15) is 0 Å². The molecular formula is C23H41N. The van der Waals surface area contributed by atoms with Crippen molar-refractivity contribution in [2.75, 3.05) is 6.54 Å². The van der Waals surface area contributed by atoms with E-state index >= 15 is 0 Å². The molecule has 0 aliphatic heterocycles. The molecule has 1 nitrogen and oxygen atoms in total. The van der Waals surface area contributed by atoms with E-state index < -0.39 is 0 Å². The van der Waals surface area contributed by atoms with E-state index in [1.807, 2.05) is 0 Å². The zero-order valence-corrected chi connectivity index (χ0v) is 16.4. The number of hydrogen-bond donors (Lipinski definition) is 1. The molecule has 24 heavy (non-hydrogen) atoms. The minimum Gasteiger partial charge on any atom is -0.310 e. The summed E-state index contributed by atoms with van der Waals surface area (Å²) in [6.45, 7) is 5.74. The molecule has 1 rings (SSSR count). The Bertz CT molecular complexity index is 360. The van der Waals surface area contributed by atoms with E-state index in [-0.39, 0.29) is 0 Å². The predicted octanol–water partition coefficient (Wildman–Crippen LogP) is 7.43. The van der Waals surface area contributed by atoms with Crippen LogP contribution in [-0.2, 0) is 0 Å². The smallest absolute Gasteiger partial charge is 0.0320 e. The fourth-order valence-electron chi connectivity index (χ4n) is 3.38. The Morgan fingerprint density at radius 1 is 0.667 bits per heavy atom. The molecule has 1 atom stereocenters. The van der Waals surface area contributed by atoms with Crippen molar-refractivity contribution >= 4 is 0 Å². The van der Waals surface area contributed by atoms with Crippen LogP contribution in [-0.4, -0.2) is 6.54 Å². The lowest BCUT2D eigenvalue weighted by atomic mass is 9.99. The quantitative estimate of drug-likeness (QED) is 0.311. The van der Waals surface area contributed by atoms with Crippen molar-refractivity contribution in [2.24, 2.45) is 0 Å². The summed E-state index contributed by atoms with van der Waals surface area (Å²) < 4.78 is 0. The summed E-state index contributed by atoms with van der Waals surface area (Å²) >= 11 is 0. The molecule has 1 N–H and O–H groups in total. The van der Waals surface area contributed by atoms with Crippen LogP contribution >= 0.6 is 0 Å². The molecule has 0 aliphatic rings. The van der Waals surface area contributed by atoms with Crippen molar-refractivity contribution in [3.8, 4) is 0 Å². The SMILES string of the molecule is CCCCCCCCCC(NCCCCCCC)c1ccccc1. The second-order valence-corrected chi connectivity index (χ2v) is 7.24. The highest BCUT2D eigenvalue weighted by molar-refractivity contribution is 5.18. The molecule has 0 aliphatic carbocycles. The van der Waals surface area contributed by atoms with Crippen LogP contribution in [0, 0.1) is 0 Å². The molecule has 0 aromatic heterocycles. The van der Waals surface area contributed by atoms with Gasteiger partial charge in [0.05, 0.1) is 0 Å². The lowest BCUT2D eigenvalue weighted by molar-refractivity contribution is 0.454. The normalized spacial score (nSPS) is 12.4. The standard InChI is InChI=1S/C23H41N/c1-3-5-7-9-10-11-16-20-23(22-18-14-13-15-19-22)24-21-17-12-8-6-4-2/h13-15,18-19,23-24H,3-12,16-17,20-21H2,1-2H3. The predicted molar refractivity (Wildman–Crippen MR) is 109 cm³/mol. The zero-order valence-electron chi connectivity index (χ0n) is 16.4. The van der Waals surface area contributed by atoms with Gasteiger partial charge in [0.15, 0.2) is 0 Å². The molecule has 0 radical (unpaired) electrons. The van der Waals surface area contributed by atoms with Crippen molar-refractivity contribution < 1.29 is 0 Å². The van der Waals surface area contributed by atoms with Crippen molar-refractivity contribution in [2.45, 2.75) is 103 Å². The van der Waals surface area contributed by atoms with Gasteiger partial charge in [0.25, 0.3) is 0 Å². The van der Waals surface area contributed by atoms with Gasteiger partial charge in [-0.25, -0.2) is 0 Å². The summed E-state index contributed by atoms with van der Waals surface area (Å²) in [5, 5.41) is 3.82. The molecule has 1 heteroatoms. The third-order valence-corrected chi connectivity index (χ3v) is 4.97. The summed E-state index contributed by atoms with van der Waals surface area (Å²) in [5.41, 5.74) is 1.47. The Morgan fingerprint density at radius 2 is 1.21 bits per heavy atom. The van der Waals surface area contributed by atoms with Gasteiger partial charge in [0.1, 0.15) is 0 Å². The van der Waals surface area contributed by atoms with Crippen LogP contribution in [0.5, 0.6) is 0 Å². The molecule has 0 saturated heterocycles. The Labute approximate surface area is 151 Å². The van der Waals surface area contributed by atoms with Gasteiger partial charge in [-0.05, 0) is 24.9 Å². The lowest BCUT2D eigenvalue weighted by Gasteiger charge is -2.19. The summed E-state index contributed by atoms with van der Waals surface area (Å²) in [6, 6.07) is 11.6. The van der Waals surface area contributed by atoms with E-state index in [1.165, 1.54) is 95.6 Å².